The van der Waals surface area contributed by atoms with Crippen molar-refractivity contribution in [2.45, 2.75) is 30.1 Å². The first-order valence-electron chi connectivity index (χ1n) is 7.07. The number of methoxy groups -OCH3 is 1. The summed E-state index contributed by atoms with van der Waals surface area (Å²) in [6.07, 6.45) is 3.69. The molecule has 1 nitrogen and oxygen atoms in total. The van der Waals surface area contributed by atoms with Crippen LogP contribution in [0, 0.1) is 0 Å². The Labute approximate surface area is 154 Å². The van der Waals surface area contributed by atoms with Crippen LogP contribution in [0.2, 0.25) is 10.0 Å². The van der Waals surface area contributed by atoms with Gasteiger partial charge in [0.25, 0.3) is 0 Å². The summed E-state index contributed by atoms with van der Waals surface area (Å²) >= 11 is 20.8. The average Bonchev–Trinajstić information content (AvgIpc) is 2.43. The maximum atomic E-state index is 6.47. The van der Waals surface area contributed by atoms with E-state index in [-0.39, 0.29) is 0 Å². The highest BCUT2D eigenvalue weighted by Crippen LogP contribution is 2.46. The van der Waals surface area contributed by atoms with Gasteiger partial charge in [0.15, 0.2) is 0 Å². The lowest BCUT2D eigenvalue weighted by Gasteiger charge is -2.28. The third-order valence-electron chi connectivity index (χ3n) is 4.21. The molecular formula is C17H15BrCl2OS. The van der Waals surface area contributed by atoms with E-state index in [0.29, 0.717) is 20.9 Å². The number of halogens is 3. The topological polar surface area (TPSA) is 9.23 Å². The Morgan fingerprint density at radius 3 is 2.55 bits per heavy atom. The molecular weight excluding hydrogens is 403 g/mol. The number of benzene rings is 2. The summed E-state index contributed by atoms with van der Waals surface area (Å²) in [5.74, 6) is 1.50. The molecule has 0 aromatic heterocycles. The third kappa shape index (κ3) is 2.89. The molecule has 3 rings (SSSR count). The molecule has 0 unspecified atom stereocenters. The number of thiol groups is 1. The fourth-order valence-corrected chi connectivity index (χ4v) is 4.30. The number of hydrogen-bond donors (Lipinski definition) is 1. The summed E-state index contributed by atoms with van der Waals surface area (Å²) in [6, 6.07) is 7.97. The van der Waals surface area contributed by atoms with Crippen LogP contribution in [-0.2, 0) is 0 Å². The zero-order valence-electron chi connectivity index (χ0n) is 12.0. The minimum Gasteiger partial charge on any atom is -0.496 e. The first-order valence-corrected chi connectivity index (χ1v) is 9.07. The van der Waals surface area contributed by atoms with E-state index >= 15 is 0 Å². The van der Waals surface area contributed by atoms with E-state index in [0.717, 1.165) is 21.3 Å². The number of hydrogen-bond acceptors (Lipinski definition) is 2. The van der Waals surface area contributed by atoms with Gasteiger partial charge in [0.2, 0.25) is 0 Å². The minimum atomic E-state index is 0.562. The lowest BCUT2D eigenvalue weighted by molar-refractivity contribution is 0.373. The van der Waals surface area contributed by atoms with E-state index in [9.17, 15) is 0 Å². The van der Waals surface area contributed by atoms with Crippen LogP contribution in [-0.4, -0.2) is 7.11 Å². The highest BCUT2D eigenvalue weighted by molar-refractivity contribution is 9.10. The van der Waals surface area contributed by atoms with Crippen LogP contribution < -0.4 is 4.74 Å². The predicted molar refractivity (Wildman–Crippen MR) is 100.0 cm³/mol. The van der Waals surface area contributed by atoms with E-state index in [1.54, 1.807) is 7.11 Å². The Morgan fingerprint density at radius 2 is 1.95 bits per heavy atom. The number of rotatable bonds is 3. The van der Waals surface area contributed by atoms with Gasteiger partial charge in [-0.2, -0.15) is 0 Å². The Bertz CT molecular complexity index is 729. The lowest BCUT2D eigenvalue weighted by atomic mass is 9.79. The zero-order valence-corrected chi connectivity index (χ0v) is 16.0. The molecule has 0 N–H and O–H groups in total. The summed E-state index contributed by atoms with van der Waals surface area (Å²) in [7, 11) is 1.71. The molecule has 0 radical (unpaired) electrons. The van der Waals surface area contributed by atoms with Gasteiger partial charge in [0.05, 0.1) is 17.2 Å². The maximum Gasteiger partial charge on any atom is 0.122 e. The maximum absolute atomic E-state index is 6.47. The van der Waals surface area contributed by atoms with Crippen molar-refractivity contribution in [2.24, 2.45) is 0 Å². The molecule has 1 saturated carbocycles. The molecule has 0 aliphatic heterocycles. The molecule has 0 saturated heterocycles. The summed E-state index contributed by atoms with van der Waals surface area (Å²) in [6.45, 7) is 0. The first kappa shape index (κ1) is 16.5. The molecule has 1 aliphatic carbocycles. The van der Waals surface area contributed by atoms with Gasteiger partial charge < -0.3 is 4.74 Å². The van der Waals surface area contributed by atoms with E-state index < -0.39 is 0 Å². The van der Waals surface area contributed by atoms with Gasteiger partial charge in [-0.15, -0.1) is 12.6 Å². The van der Waals surface area contributed by atoms with Crippen LogP contribution in [0.15, 0.2) is 33.6 Å². The van der Waals surface area contributed by atoms with Crippen LogP contribution >= 0.6 is 51.8 Å². The summed E-state index contributed by atoms with van der Waals surface area (Å²) < 4.78 is 6.30. The fraction of sp³-hybridized carbons (Fsp3) is 0.294. The summed E-state index contributed by atoms with van der Waals surface area (Å²) in [5, 5.41) is 1.17. The molecule has 2 aromatic rings. The van der Waals surface area contributed by atoms with E-state index in [4.69, 9.17) is 27.9 Å². The molecule has 2 aromatic carbocycles. The Kier molecular flexibility index (Phi) is 4.98. The van der Waals surface area contributed by atoms with Crippen molar-refractivity contribution in [3.8, 4) is 16.9 Å². The van der Waals surface area contributed by atoms with Crippen molar-refractivity contribution in [1.29, 1.82) is 0 Å². The largest absolute Gasteiger partial charge is 0.496 e. The van der Waals surface area contributed by atoms with Crippen LogP contribution in [0.4, 0.5) is 0 Å². The quantitative estimate of drug-likeness (QED) is 0.529. The first-order chi connectivity index (χ1) is 10.5. The second-order valence-electron chi connectivity index (χ2n) is 5.46. The van der Waals surface area contributed by atoms with Crippen molar-refractivity contribution in [1.82, 2.24) is 0 Å². The van der Waals surface area contributed by atoms with Crippen molar-refractivity contribution in [2.75, 3.05) is 7.11 Å². The molecule has 0 atom stereocenters. The zero-order chi connectivity index (χ0) is 15.9. The highest BCUT2D eigenvalue weighted by atomic mass is 79.9. The monoisotopic (exact) mass is 416 g/mol. The van der Waals surface area contributed by atoms with E-state index in [1.807, 2.05) is 18.2 Å². The van der Waals surface area contributed by atoms with Crippen molar-refractivity contribution >= 4 is 51.8 Å². The smallest absolute Gasteiger partial charge is 0.122 e. The molecule has 0 spiro atoms. The predicted octanol–water partition coefficient (Wildman–Crippen LogP) is 6.99. The SMILES string of the molecule is COc1ccc(-c2c(Cl)cc(Br)c(S)c2Cl)cc1C1CCC1. The van der Waals surface area contributed by atoms with E-state index in [1.165, 1.54) is 24.8 Å². The second-order valence-corrected chi connectivity index (χ2v) is 7.55. The van der Waals surface area contributed by atoms with Crippen LogP contribution in [0.25, 0.3) is 11.1 Å². The molecule has 0 bridgehead atoms. The summed E-state index contributed by atoms with van der Waals surface area (Å²) in [5.41, 5.74) is 3.06. The van der Waals surface area contributed by atoms with Crippen LogP contribution in [0.1, 0.15) is 30.7 Å². The van der Waals surface area contributed by atoms with Gasteiger partial charge in [-0.1, -0.05) is 35.7 Å². The third-order valence-corrected chi connectivity index (χ3v) is 6.41. The Balaban J connectivity index is 2.15. The van der Waals surface area contributed by atoms with Crippen molar-refractivity contribution in [3.63, 3.8) is 0 Å². The minimum absolute atomic E-state index is 0.562. The van der Waals surface area contributed by atoms with Crippen molar-refractivity contribution < 1.29 is 4.74 Å². The van der Waals surface area contributed by atoms with Gasteiger partial charge in [0, 0.05) is 14.9 Å². The molecule has 1 fully saturated rings. The highest BCUT2D eigenvalue weighted by Gasteiger charge is 2.24. The molecule has 22 heavy (non-hydrogen) atoms. The van der Waals surface area contributed by atoms with Gasteiger partial charge in [-0.25, -0.2) is 0 Å². The Hall–Kier alpha value is -0.350. The van der Waals surface area contributed by atoms with E-state index in [2.05, 4.69) is 34.6 Å². The molecule has 1 aliphatic rings. The molecule has 5 heteroatoms. The van der Waals surface area contributed by atoms with Gasteiger partial charge in [0.1, 0.15) is 5.75 Å². The van der Waals surface area contributed by atoms with Crippen LogP contribution in [0.3, 0.4) is 0 Å². The second kappa shape index (κ2) is 6.64. The van der Waals surface area contributed by atoms with Crippen LogP contribution in [0.5, 0.6) is 5.75 Å². The fourth-order valence-electron chi connectivity index (χ4n) is 2.77. The summed E-state index contributed by atoms with van der Waals surface area (Å²) in [4.78, 5) is 0.696. The molecule has 116 valence electrons. The van der Waals surface area contributed by atoms with Gasteiger partial charge in [-0.05, 0) is 64.0 Å². The average molecular weight is 418 g/mol. The lowest BCUT2D eigenvalue weighted by Crippen LogP contribution is -2.10. The van der Waals surface area contributed by atoms with Crippen molar-refractivity contribution in [3.05, 3.63) is 44.3 Å². The number of ether oxygens (including phenoxy) is 1. The normalized spacial score (nSPS) is 14.8. The standard InChI is InChI=1S/C17H15BrCl2OS/c1-21-14-6-5-10(7-11(14)9-3-2-4-9)15-13(19)8-12(18)17(22)16(15)20/h5-9,22H,2-4H2,1H3. The van der Waals surface area contributed by atoms with Gasteiger partial charge in [-0.3, -0.25) is 0 Å². The molecule has 0 heterocycles. The Morgan fingerprint density at radius 1 is 1.23 bits per heavy atom. The van der Waals surface area contributed by atoms with Gasteiger partial charge >= 0.3 is 0 Å². The molecule has 0 amide bonds.